The van der Waals surface area contributed by atoms with Crippen LogP contribution >= 0.6 is 0 Å². The zero-order valence-corrected chi connectivity index (χ0v) is 8.22. The van der Waals surface area contributed by atoms with Gasteiger partial charge in [0.2, 0.25) is 0 Å². The summed E-state index contributed by atoms with van der Waals surface area (Å²) < 4.78 is 0. The van der Waals surface area contributed by atoms with Crippen molar-refractivity contribution in [3.63, 3.8) is 0 Å². The molecule has 0 aliphatic rings. The minimum absolute atomic E-state index is 0.128. The fourth-order valence-corrected chi connectivity index (χ4v) is 0.911. The molecule has 0 bridgehead atoms. The Hall–Kier alpha value is -0.740. The van der Waals surface area contributed by atoms with Gasteiger partial charge in [-0.2, -0.15) is 0 Å². The molecule has 1 unspecified atom stereocenters. The molecule has 0 fully saturated rings. The van der Waals surface area contributed by atoms with Crippen LogP contribution in [0.4, 0.5) is 0 Å². The summed E-state index contributed by atoms with van der Waals surface area (Å²) in [5, 5.41) is 9.66. The van der Waals surface area contributed by atoms with Crippen molar-refractivity contribution in [1.29, 1.82) is 0 Å². The van der Waals surface area contributed by atoms with E-state index in [1.807, 2.05) is 20.8 Å². The molecule has 0 heterocycles. The van der Waals surface area contributed by atoms with Gasteiger partial charge in [0.05, 0.1) is 6.10 Å². The van der Waals surface area contributed by atoms with Crippen molar-refractivity contribution in [3.8, 4) is 11.8 Å². The van der Waals surface area contributed by atoms with E-state index in [2.05, 4.69) is 18.4 Å². The second kappa shape index (κ2) is 5.00. The quantitative estimate of drug-likeness (QED) is 0.502. The molecule has 1 nitrogen and oxygen atoms in total. The molecule has 0 aliphatic heterocycles. The van der Waals surface area contributed by atoms with Gasteiger partial charge in [-0.25, -0.2) is 0 Å². The highest BCUT2D eigenvalue weighted by Crippen LogP contribution is 2.26. The maximum atomic E-state index is 9.66. The van der Waals surface area contributed by atoms with Gasteiger partial charge in [-0.1, -0.05) is 19.9 Å². The molecule has 68 valence electrons. The first-order valence-electron chi connectivity index (χ1n) is 4.23. The Labute approximate surface area is 75.5 Å². The summed E-state index contributed by atoms with van der Waals surface area (Å²) >= 11 is 0. The van der Waals surface area contributed by atoms with Crippen molar-refractivity contribution in [2.24, 2.45) is 5.41 Å². The lowest BCUT2D eigenvalue weighted by Crippen LogP contribution is -2.28. The Balaban J connectivity index is 4.13. The standard InChI is InChI=1S/C11H18O/c1-5-7-9-11(3,4)10(12)8-6-2/h6,10,12H,2,8-9H2,1,3-4H3. The van der Waals surface area contributed by atoms with Gasteiger partial charge in [0.15, 0.2) is 0 Å². The summed E-state index contributed by atoms with van der Waals surface area (Å²) in [5.74, 6) is 5.82. The maximum absolute atomic E-state index is 9.66. The van der Waals surface area contributed by atoms with E-state index in [0.29, 0.717) is 6.42 Å². The first-order valence-corrected chi connectivity index (χ1v) is 4.23. The van der Waals surface area contributed by atoms with Gasteiger partial charge < -0.3 is 5.11 Å². The molecular weight excluding hydrogens is 148 g/mol. The molecule has 0 rings (SSSR count). The molecule has 0 radical (unpaired) electrons. The highest BCUT2D eigenvalue weighted by atomic mass is 16.3. The smallest absolute Gasteiger partial charge is 0.0634 e. The van der Waals surface area contributed by atoms with E-state index in [4.69, 9.17) is 0 Å². The lowest BCUT2D eigenvalue weighted by atomic mass is 9.82. The van der Waals surface area contributed by atoms with Crippen LogP contribution in [0.3, 0.4) is 0 Å². The number of aliphatic hydroxyl groups excluding tert-OH is 1. The zero-order valence-electron chi connectivity index (χ0n) is 8.22. The maximum Gasteiger partial charge on any atom is 0.0634 e. The summed E-state index contributed by atoms with van der Waals surface area (Å²) in [5.41, 5.74) is -0.128. The molecule has 1 atom stereocenters. The minimum atomic E-state index is -0.337. The van der Waals surface area contributed by atoms with Gasteiger partial charge in [-0.3, -0.25) is 0 Å². The van der Waals surface area contributed by atoms with Gasteiger partial charge in [-0.05, 0) is 13.3 Å². The first-order chi connectivity index (χ1) is 5.54. The summed E-state index contributed by atoms with van der Waals surface area (Å²) in [6, 6.07) is 0. The van der Waals surface area contributed by atoms with E-state index in [-0.39, 0.29) is 11.5 Å². The third-order valence-electron chi connectivity index (χ3n) is 2.01. The summed E-state index contributed by atoms with van der Waals surface area (Å²) in [6.07, 6.45) is 2.78. The molecular formula is C11H18O. The molecule has 0 saturated carbocycles. The average molecular weight is 166 g/mol. The Bertz CT molecular complexity index is 193. The van der Waals surface area contributed by atoms with Crippen LogP contribution < -0.4 is 0 Å². The van der Waals surface area contributed by atoms with E-state index >= 15 is 0 Å². The van der Waals surface area contributed by atoms with E-state index in [1.165, 1.54) is 0 Å². The Morgan fingerprint density at radius 3 is 2.58 bits per heavy atom. The molecule has 12 heavy (non-hydrogen) atoms. The molecule has 1 N–H and O–H groups in total. The Morgan fingerprint density at radius 1 is 1.58 bits per heavy atom. The molecule has 1 heteroatoms. The highest BCUT2D eigenvalue weighted by Gasteiger charge is 2.25. The lowest BCUT2D eigenvalue weighted by Gasteiger charge is -2.27. The molecule has 0 aromatic carbocycles. The SMILES string of the molecule is C=CCC(O)C(C)(C)CC#CC. The molecule has 0 aromatic rings. The summed E-state index contributed by atoms with van der Waals surface area (Å²) in [6.45, 7) is 9.45. The molecule has 0 saturated heterocycles. The molecule has 0 aromatic heterocycles. The van der Waals surface area contributed by atoms with Crippen molar-refractivity contribution in [2.75, 3.05) is 0 Å². The van der Waals surface area contributed by atoms with Gasteiger partial charge in [0.25, 0.3) is 0 Å². The molecule has 0 amide bonds. The molecule has 0 spiro atoms. The lowest BCUT2D eigenvalue weighted by molar-refractivity contribution is 0.0564. The minimum Gasteiger partial charge on any atom is -0.392 e. The van der Waals surface area contributed by atoms with Gasteiger partial charge in [0.1, 0.15) is 0 Å². The highest BCUT2D eigenvalue weighted by molar-refractivity contribution is 5.01. The first kappa shape index (κ1) is 11.3. The number of rotatable bonds is 4. The topological polar surface area (TPSA) is 20.2 Å². The summed E-state index contributed by atoms with van der Waals surface area (Å²) in [4.78, 5) is 0. The Morgan fingerprint density at radius 2 is 2.17 bits per heavy atom. The number of hydrogen-bond donors (Lipinski definition) is 1. The molecule has 0 aliphatic carbocycles. The van der Waals surface area contributed by atoms with Crippen molar-refractivity contribution in [2.45, 2.75) is 39.7 Å². The van der Waals surface area contributed by atoms with Gasteiger partial charge >= 0.3 is 0 Å². The van der Waals surface area contributed by atoms with E-state index in [9.17, 15) is 5.11 Å². The van der Waals surface area contributed by atoms with Crippen LogP contribution in [-0.4, -0.2) is 11.2 Å². The van der Waals surface area contributed by atoms with Crippen LogP contribution in [0.5, 0.6) is 0 Å². The van der Waals surface area contributed by atoms with Crippen molar-refractivity contribution < 1.29 is 5.11 Å². The normalized spacial score (nSPS) is 13.0. The van der Waals surface area contributed by atoms with Crippen LogP contribution in [0.15, 0.2) is 12.7 Å². The van der Waals surface area contributed by atoms with E-state index in [0.717, 1.165) is 6.42 Å². The second-order valence-electron chi connectivity index (χ2n) is 3.63. The van der Waals surface area contributed by atoms with Crippen molar-refractivity contribution in [1.82, 2.24) is 0 Å². The largest absolute Gasteiger partial charge is 0.392 e. The fraction of sp³-hybridized carbons (Fsp3) is 0.636. The van der Waals surface area contributed by atoms with Crippen LogP contribution in [0.1, 0.15) is 33.6 Å². The average Bonchev–Trinajstić information content (AvgIpc) is 2.01. The van der Waals surface area contributed by atoms with Crippen molar-refractivity contribution >= 4 is 0 Å². The number of hydrogen-bond acceptors (Lipinski definition) is 1. The van der Waals surface area contributed by atoms with Crippen LogP contribution in [0.25, 0.3) is 0 Å². The summed E-state index contributed by atoms with van der Waals surface area (Å²) in [7, 11) is 0. The van der Waals surface area contributed by atoms with Gasteiger partial charge in [-0.15, -0.1) is 18.4 Å². The van der Waals surface area contributed by atoms with Crippen molar-refractivity contribution in [3.05, 3.63) is 12.7 Å². The predicted octanol–water partition coefficient (Wildman–Crippen LogP) is 2.36. The second-order valence-corrected chi connectivity index (χ2v) is 3.63. The third kappa shape index (κ3) is 3.59. The van der Waals surface area contributed by atoms with Crippen LogP contribution in [0.2, 0.25) is 0 Å². The van der Waals surface area contributed by atoms with Gasteiger partial charge in [0, 0.05) is 11.8 Å². The fourth-order valence-electron chi connectivity index (χ4n) is 0.911. The predicted molar refractivity (Wildman–Crippen MR) is 52.7 cm³/mol. The third-order valence-corrected chi connectivity index (χ3v) is 2.01. The van der Waals surface area contributed by atoms with Crippen LogP contribution in [-0.2, 0) is 0 Å². The van der Waals surface area contributed by atoms with E-state index in [1.54, 1.807) is 6.08 Å². The monoisotopic (exact) mass is 166 g/mol. The Kier molecular flexibility index (Phi) is 4.70. The number of aliphatic hydroxyl groups is 1. The zero-order chi connectivity index (χ0) is 9.61. The van der Waals surface area contributed by atoms with Crippen LogP contribution in [0, 0.1) is 17.3 Å². The van der Waals surface area contributed by atoms with E-state index < -0.39 is 0 Å².